The zero-order chi connectivity index (χ0) is 0. The predicted octanol–water partition coefficient (Wildman–Crippen LogP) is -3.49. The Morgan fingerprint density at radius 3 is 1.00 bits per heavy atom. The van der Waals surface area contributed by atoms with Crippen molar-refractivity contribution in [1.29, 1.82) is 0 Å². The van der Waals surface area contributed by atoms with E-state index in [-0.39, 0.29) is 63.9 Å². The molecule has 0 fully saturated rings. The third-order valence-electron chi connectivity index (χ3n) is 0. The Morgan fingerprint density at radius 1 is 1.00 bits per heavy atom. The van der Waals surface area contributed by atoms with Crippen LogP contribution in [0.5, 0.6) is 0 Å². The van der Waals surface area contributed by atoms with Crippen molar-refractivity contribution in [2.75, 3.05) is 0 Å². The third-order valence-corrected chi connectivity index (χ3v) is 0. The SMILES string of the molecule is B.P.[GaH3].[InH3]. The van der Waals surface area contributed by atoms with E-state index in [1.165, 1.54) is 0 Å². The molecule has 0 radical (unpaired) electrons. The van der Waals surface area contributed by atoms with Crippen LogP contribution in [0.25, 0.3) is 0 Å². The summed E-state index contributed by atoms with van der Waals surface area (Å²) in [5.41, 5.74) is 0. The molecule has 0 aromatic rings. The topological polar surface area (TPSA) is 0 Å². The molecule has 0 heterocycles. The third kappa shape index (κ3) is 9.00. The summed E-state index contributed by atoms with van der Waals surface area (Å²) >= 11 is 0. The molecule has 4 heteroatoms. The van der Waals surface area contributed by atoms with Crippen molar-refractivity contribution in [3.63, 3.8) is 0 Å². The van der Waals surface area contributed by atoms with Crippen molar-refractivity contribution in [2.45, 2.75) is 0 Å². The summed E-state index contributed by atoms with van der Waals surface area (Å²) in [6.07, 6.45) is 0. The summed E-state index contributed by atoms with van der Waals surface area (Å²) in [5, 5.41) is 0. The molecule has 0 nitrogen and oxygen atoms in total. The molecule has 0 rings (SSSR count). The molecule has 0 aromatic heterocycles. The van der Waals surface area contributed by atoms with E-state index < -0.39 is 0 Å². The molecule has 4 heavy (non-hydrogen) atoms. The van der Waals surface area contributed by atoms with Crippen LogP contribution in [0, 0.1) is 0 Å². The van der Waals surface area contributed by atoms with Crippen LogP contribution in [-0.2, 0) is 0 Å². The second-order valence-corrected chi connectivity index (χ2v) is 0. The van der Waals surface area contributed by atoms with Crippen molar-refractivity contribution >= 4 is 63.9 Å². The minimum absolute atomic E-state index is 0. The Hall–Kier alpha value is 2.00. The van der Waals surface area contributed by atoms with Gasteiger partial charge in [0.25, 0.3) is 0 Å². The van der Waals surface area contributed by atoms with E-state index in [1.807, 2.05) is 0 Å². The summed E-state index contributed by atoms with van der Waals surface area (Å²) < 4.78 is 0. The first-order valence-corrected chi connectivity index (χ1v) is 0. The van der Waals surface area contributed by atoms with Gasteiger partial charge in [-0.15, -0.1) is 0 Å². The van der Waals surface area contributed by atoms with Gasteiger partial charge in [-0.1, -0.05) is 0 Å². The molecule has 0 aliphatic carbocycles. The van der Waals surface area contributed by atoms with Crippen molar-refractivity contribution in [2.24, 2.45) is 0 Å². The van der Waals surface area contributed by atoms with Crippen LogP contribution in [0.2, 0.25) is 0 Å². The summed E-state index contributed by atoms with van der Waals surface area (Å²) in [6, 6.07) is 0. The summed E-state index contributed by atoms with van der Waals surface area (Å²) in [5.74, 6) is 0. The van der Waals surface area contributed by atoms with Crippen LogP contribution in [0.4, 0.5) is 0 Å². The molecule has 0 amide bonds. The Labute approximate surface area is 63.5 Å². The van der Waals surface area contributed by atoms with Crippen molar-refractivity contribution in [3.05, 3.63) is 0 Å². The van der Waals surface area contributed by atoms with Crippen molar-refractivity contribution in [1.82, 2.24) is 0 Å². The molecular formula is H12BGaInP. The standard InChI is InChI=1S/BH3.Ga.In.H3P.6H/h1H3;;;1H3;;;;;;. The fourth-order valence-corrected chi connectivity index (χ4v) is 0. The molecule has 0 spiro atoms. The van der Waals surface area contributed by atoms with Crippen molar-refractivity contribution < 1.29 is 0 Å². The van der Waals surface area contributed by atoms with E-state index in [4.69, 9.17) is 0 Å². The second-order valence-electron chi connectivity index (χ2n) is 0. The van der Waals surface area contributed by atoms with Gasteiger partial charge in [0, 0.05) is 0 Å². The van der Waals surface area contributed by atoms with Gasteiger partial charge in [-0.3, -0.25) is 0 Å². The molecular weight excluding hydrogens is 226 g/mol. The van der Waals surface area contributed by atoms with Crippen LogP contribution in [0.3, 0.4) is 0 Å². The zero-order valence-electron chi connectivity index (χ0n) is 0.707. The maximum absolute atomic E-state index is 0. The average molecular weight is 238 g/mol. The van der Waals surface area contributed by atoms with Gasteiger partial charge in [-0.2, -0.15) is 9.90 Å². The van der Waals surface area contributed by atoms with E-state index in [0.29, 0.717) is 0 Å². The molecule has 0 aromatic carbocycles. The Morgan fingerprint density at radius 2 is 1.00 bits per heavy atom. The van der Waals surface area contributed by atoms with Gasteiger partial charge in [0.2, 0.25) is 0 Å². The van der Waals surface area contributed by atoms with Gasteiger partial charge in [-0.25, -0.2) is 0 Å². The van der Waals surface area contributed by atoms with Gasteiger partial charge in [-0.05, 0) is 0 Å². The van der Waals surface area contributed by atoms with Crippen LogP contribution < -0.4 is 0 Å². The van der Waals surface area contributed by atoms with Gasteiger partial charge < -0.3 is 0 Å². The number of hydrogen-bond donors (Lipinski definition) is 0. The number of hydrogen-bond acceptors (Lipinski definition) is 0. The van der Waals surface area contributed by atoms with Crippen LogP contribution in [-0.4, -0.2) is 54.0 Å². The van der Waals surface area contributed by atoms with Gasteiger partial charge in [0.05, 0.1) is 8.41 Å². The van der Waals surface area contributed by atoms with Gasteiger partial charge >= 0.3 is 45.6 Å². The molecule has 1 atom stereocenters. The zero-order valence-corrected chi connectivity index (χ0v) is 2.12. The Kier molecular flexibility index (Phi) is 187. The summed E-state index contributed by atoms with van der Waals surface area (Å²) in [6.45, 7) is 0. The quantitative estimate of drug-likeness (QED) is 0.304. The Bertz CT molecular complexity index is 8.00. The van der Waals surface area contributed by atoms with Gasteiger partial charge in [0.15, 0.2) is 0 Å². The first-order valence-electron chi connectivity index (χ1n) is 0. The normalized spacial score (nSPS) is 0. The van der Waals surface area contributed by atoms with Crippen LogP contribution in [0.1, 0.15) is 0 Å². The van der Waals surface area contributed by atoms with E-state index in [1.54, 1.807) is 0 Å². The fraction of sp³-hybridized carbons (Fsp3) is 0. The van der Waals surface area contributed by atoms with E-state index in [0.717, 1.165) is 0 Å². The number of rotatable bonds is 0. The van der Waals surface area contributed by atoms with Gasteiger partial charge in [0.1, 0.15) is 0 Å². The van der Waals surface area contributed by atoms with Crippen molar-refractivity contribution in [3.8, 4) is 0 Å². The summed E-state index contributed by atoms with van der Waals surface area (Å²) in [4.78, 5) is 0. The fourth-order valence-electron chi connectivity index (χ4n) is 0. The Balaban J connectivity index is 0. The molecule has 1 unspecified atom stereocenters. The first-order chi connectivity index (χ1) is 0. The summed E-state index contributed by atoms with van der Waals surface area (Å²) in [7, 11) is 0. The molecule has 0 N–H and O–H groups in total. The molecule has 0 saturated carbocycles. The molecule has 26 valence electrons. The van der Waals surface area contributed by atoms with E-state index >= 15 is 0 Å². The first kappa shape index (κ1) is 37.5. The monoisotopic (exact) mass is 238 g/mol. The van der Waals surface area contributed by atoms with Crippen LogP contribution in [0.15, 0.2) is 0 Å². The molecule has 0 aliphatic heterocycles. The minimum atomic E-state index is 0. The predicted molar refractivity (Wildman–Crippen MR) is 40.9 cm³/mol. The average Bonchev–Trinajstić information content (AvgIpc) is 0. The molecule has 0 aliphatic rings. The molecule has 0 bridgehead atoms. The van der Waals surface area contributed by atoms with Crippen LogP contribution >= 0.6 is 9.90 Å². The second kappa shape index (κ2) is 20.0. The molecule has 0 saturated heterocycles. The maximum atomic E-state index is 0. The van der Waals surface area contributed by atoms with E-state index in [9.17, 15) is 0 Å². The van der Waals surface area contributed by atoms with E-state index in [2.05, 4.69) is 0 Å².